The lowest BCUT2D eigenvalue weighted by Gasteiger charge is -2.27. The molecule has 0 radical (unpaired) electrons. The summed E-state index contributed by atoms with van der Waals surface area (Å²) in [7, 11) is -4.00. The van der Waals surface area contributed by atoms with E-state index in [2.05, 4.69) is 19.1 Å². The highest BCUT2D eigenvalue weighted by Crippen LogP contribution is 2.52. The molecule has 2 aliphatic rings. The molecule has 7 nitrogen and oxygen atoms in total. The molecule has 1 atom stereocenters. The second-order valence-corrected chi connectivity index (χ2v) is 11.2. The van der Waals surface area contributed by atoms with Gasteiger partial charge in [0.15, 0.2) is 11.6 Å². The van der Waals surface area contributed by atoms with Crippen molar-refractivity contribution in [2.75, 3.05) is 13.2 Å². The van der Waals surface area contributed by atoms with Crippen LogP contribution in [0.4, 0.5) is 0 Å². The summed E-state index contributed by atoms with van der Waals surface area (Å²) in [5, 5.41) is 0. The summed E-state index contributed by atoms with van der Waals surface area (Å²) in [6.45, 7) is 7.06. The number of fused-ring (bicyclic) bond motifs is 5. The predicted molar refractivity (Wildman–Crippen MR) is 141 cm³/mol. The highest BCUT2D eigenvalue weighted by Gasteiger charge is 2.41. The predicted octanol–water partition coefficient (Wildman–Crippen LogP) is 6.90. The number of phosphoric acid groups is 1. The first kappa shape index (κ1) is 25.7. The topological polar surface area (TPSA) is 83.8 Å². The molecule has 0 spiro atoms. The van der Waals surface area contributed by atoms with Gasteiger partial charge in [0.25, 0.3) is 0 Å². The molecule has 1 aliphatic heterocycles. The van der Waals surface area contributed by atoms with Crippen LogP contribution in [0.25, 0.3) is 0 Å². The molecule has 0 N–H and O–H groups in total. The van der Waals surface area contributed by atoms with Gasteiger partial charge in [-0.3, -0.25) is 18.6 Å². The quantitative estimate of drug-likeness (QED) is 0.167. The Morgan fingerprint density at radius 1 is 0.892 bits per heavy atom. The number of benzene rings is 2. The first-order valence-electron chi connectivity index (χ1n) is 13.0. The number of ketones is 2. The third-order valence-electron chi connectivity index (χ3n) is 7.07. The van der Waals surface area contributed by atoms with Crippen LogP contribution in [-0.4, -0.2) is 29.3 Å². The molecule has 1 unspecified atom stereocenters. The van der Waals surface area contributed by atoms with Crippen LogP contribution < -0.4 is 4.52 Å². The lowest BCUT2D eigenvalue weighted by atomic mass is 9.81. The van der Waals surface area contributed by atoms with Crippen molar-refractivity contribution in [2.24, 2.45) is 0 Å². The molecular weight excluding hydrogens is 489 g/mol. The number of phosphoric ester groups is 1. The molecular formula is C29H32NO6P. The van der Waals surface area contributed by atoms with Crippen molar-refractivity contribution in [3.63, 3.8) is 0 Å². The molecule has 3 aromatic rings. The molecule has 2 heterocycles. The summed E-state index contributed by atoms with van der Waals surface area (Å²) in [5.41, 5.74) is 4.31. The van der Waals surface area contributed by atoms with Gasteiger partial charge in [-0.1, -0.05) is 70.0 Å². The van der Waals surface area contributed by atoms with E-state index in [0.717, 1.165) is 24.1 Å². The van der Waals surface area contributed by atoms with E-state index in [0.29, 0.717) is 30.5 Å². The second kappa shape index (κ2) is 10.4. The minimum atomic E-state index is -4.00. The maximum Gasteiger partial charge on any atom is 0.530 e. The summed E-state index contributed by atoms with van der Waals surface area (Å²) >= 11 is 0. The molecule has 0 saturated heterocycles. The van der Waals surface area contributed by atoms with Crippen LogP contribution in [0.15, 0.2) is 48.7 Å². The van der Waals surface area contributed by atoms with Crippen LogP contribution >= 0.6 is 7.82 Å². The SMILES string of the molecule is CCCCOP(=O)(OCCCC)Oc1cccc2c1C(=O)c1cn3c(c1C2=O)C(C)c1ccccc1C3. The van der Waals surface area contributed by atoms with Crippen molar-refractivity contribution in [3.8, 4) is 5.75 Å². The smallest absolute Gasteiger partial charge is 0.403 e. The molecule has 8 heteroatoms. The Hall–Kier alpha value is -2.99. The molecule has 1 aromatic heterocycles. The van der Waals surface area contributed by atoms with Crippen molar-refractivity contribution in [2.45, 2.75) is 58.9 Å². The van der Waals surface area contributed by atoms with Crippen LogP contribution in [0, 0.1) is 0 Å². The zero-order valence-corrected chi connectivity index (χ0v) is 22.4. The lowest BCUT2D eigenvalue weighted by molar-refractivity contribution is 0.0975. The molecule has 0 fully saturated rings. The van der Waals surface area contributed by atoms with E-state index in [1.165, 1.54) is 5.56 Å². The first-order valence-corrected chi connectivity index (χ1v) is 14.5. The summed E-state index contributed by atoms with van der Waals surface area (Å²) in [4.78, 5) is 27.7. The van der Waals surface area contributed by atoms with Gasteiger partial charge in [-0.05, 0) is 30.0 Å². The van der Waals surface area contributed by atoms with Gasteiger partial charge in [-0.25, -0.2) is 4.57 Å². The Morgan fingerprint density at radius 2 is 1.57 bits per heavy atom. The van der Waals surface area contributed by atoms with Crippen LogP contribution in [-0.2, 0) is 20.2 Å². The van der Waals surface area contributed by atoms with E-state index in [1.807, 2.05) is 30.5 Å². The molecule has 1 aliphatic carbocycles. The van der Waals surface area contributed by atoms with Crippen LogP contribution in [0.2, 0.25) is 0 Å². The Labute approximate surface area is 217 Å². The summed E-state index contributed by atoms with van der Waals surface area (Å²) in [6, 6.07) is 12.9. The number of hydrogen-bond acceptors (Lipinski definition) is 6. The van der Waals surface area contributed by atoms with Crippen molar-refractivity contribution < 1.29 is 27.7 Å². The normalized spacial score (nSPS) is 16.1. The lowest BCUT2D eigenvalue weighted by Crippen LogP contribution is -2.23. The van der Waals surface area contributed by atoms with Crippen LogP contribution in [0.5, 0.6) is 5.75 Å². The number of nitrogens with zero attached hydrogens (tertiary/aromatic N) is 1. The third-order valence-corrected chi connectivity index (χ3v) is 8.48. The second-order valence-electron chi connectivity index (χ2n) is 9.60. The number of aromatic nitrogens is 1. The van der Waals surface area contributed by atoms with Crippen molar-refractivity contribution >= 4 is 19.4 Å². The molecule has 37 heavy (non-hydrogen) atoms. The number of rotatable bonds is 10. The first-order chi connectivity index (χ1) is 17.9. The maximum absolute atomic E-state index is 13.9. The minimum absolute atomic E-state index is 0.0365. The average molecular weight is 522 g/mol. The van der Waals surface area contributed by atoms with E-state index in [4.69, 9.17) is 13.6 Å². The highest BCUT2D eigenvalue weighted by molar-refractivity contribution is 7.48. The molecule has 0 amide bonds. The number of carbonyl (C=O) groups is 2. The molecule has 0 bridgehead atoms. The van der Waals surface area contributed by atoms with Gasteiger partial charge in [0.05, 0.1) is 29.9 Å². The molecule has 0 saturated carbocycles. The van der Waals surface area contributed by atoms with E-state index in [9.17, 15) is 14.2 Å². The van der Waals surface area contributed by atoms with Gasteiger partial charge < -0.3 is 9.09 Å². The molecule has 2 aromatic carbocycles. The van der Waals surface area contributed by atoms with Gasteiger partial charge in [0, 0.05) is 29.9 Å². The van der Waals surface area contributed by atoms with Crippen molar-refractivity contribution in [1.29, 1.82) is 0 Å². The Balaban J connectivity index is 1.53. The van der Waals surface area contributed by atoms with Gasteiger partial charge in [-0.15, -0.1) is 0 Å². The zero-order valence-electron chi connectivity index (χ0n) is 21.5. The Kier molecular flexibility index (Phi) is 7.21. The minimum Gasteiger partial charge on any atom is -0.403 e. The fraction of sp³-hybridized carbons (Fsp3) is 0.379. The Bertz CT molecular complexity index is 1390. The fourth-order valence-electron chi connectivity index (χ4n) is 5.16. The highest BCUT2D eigenvalue weighted by atomic mass is 31.2. The largest absolute Gasteiger partial charge is 0.530 e. The van der Waals surface area contributed by atoms with E-state index in [-0.39, 0.29) is 47.6 Å². The van der Waals surface area contributed by atoms with E-state index >= 15 is 0 Å². The Morgan fingerprint density at radius 3 is 2.27 bits per heavy atom. The average Bonchev–Trinajstić information content (AvgIpc) is 3.28. The zero-order chi connectivity index (χ0) is 26.2. The third kappa shape index (κ3) is 4.61. The van der Waals surface area contributed by atoms with Crippen LogP contribution in [0.1, 0.15) is 101 Å². The van der Waals surface area contributed by atoms with Crippen molar-refractivity contribution in [1.82, 2.24) is 4.57 Å². The summed E-state index contributed by atoms with van der Waals surface area (Å²) in [5.74, 6) is -0.556. The van der Waals surface area contributed by atoms with Gasteiger partial charge in [0.2, 0.25) is 0 Å². The summed E-state index contributed by atoms with van der Waals surface area (Å²) < 4.78 is 32.5. The molecule has 5 rings (SSSR count). The fourth-order valence-corrected chi connectivity index (χ4v) is 6.44. The number of hydrogen-bond donors (Lipinski definition) is 0. The number of unbranched alkanes of at least 4 members (excludes halogenated alkanes) is 2. The van der Waals surface area contributed by atoms with Crippen LogP contribution in [0.3, 0.4) is 0 Å². The van der Waals surface area contributed by atoms with Gasteiger partial charge in [0.1, 0.15) is 5.75 Å². The van der Waals surface area contributed by atoms with Crippen molar-refractivity contribution in [3.05, 3.63) is 87.7 Å². The van der Waals surface area contributed by atoms with E-state index < -0.39 is 7.82 Å². The molecule has 194 valence electrons. The van der Waals surface area contributed by atoms with Gasteiger partial charge >= 0.3 is 7.82 Å². The monoisotopic (exact) mass is 521 g/mol. The number of carbonyl (C=O) groups excluding carboxylic acids is 2. The standard InChI is InChI=1S/C29H32NO6P/c1-4-6-15-34-37(33,35-16-7-5-2)36-24-14-10-13-22-25(24)29(32)23-18-30-17-20-11-8-9-12-21(20)19(3)27(30)26(23)28(22)31/h8-14,18-19H,4-7,15-17H2,1-3H3. The summed E-state index contributed by atoms with van der Waals surface area (Å²) in [6.07, 6.45) is 4.86. The van der Waals surface area contributed by atoms with Gasteiger partial charge in [-0.2, -0.15) is 0 Å². The maximum atomic E-state index is 13.9. The van der Waals surface area contributed by atoms with E-state index in [1.54, 1.807) is 24.4 Å².